The first-order valence-corrected chi connectivity index (χ1v) is 5.35. The van der Waals surface area contributed by atoms with Crippen molar-refractivity contribution in [1.82, 2.24) is 10.2 Å². The Morgan fingerprint density at radius 1 is 1.53 bits per heavy atom. The number of likely N-dealkylation sites (tertiary alicyclic amines) is 1. The Balaban J connectivity index is 1.92. The fraction of sp³-hybridized carbons (Fsp3) is 0.900. The van der Waals surface area contributed by atoms with E-state index < -0.39 is 12.0 Å². The average molecular weight is 218 g/mol. The molecule has 0 spiro atoms. The van der Waals surface area contributed by atoms with Gasteiger partial charge in [-0.15, -0.1) is 0 Å². The quantitative estimate of drug-likeness (QED) is 0.766. The average Bonchev–Trinajstić information content (AvgIpc) is 2.82. The first-order chi connectivity index (χ1) is 7.05. The summed E-state index contributed by atoms with van der Waals surface area (Å²) in [6.45, 7) is 0.875. The van der Waals surface area contributed by atoms with Crippen molar-refractivity contribution >= 4 is 5.91 Å². The van der Waals surface area contributed by atoms with Gasteiger partial charge in [-0.1, -0.05) is 0 Å². The van der Waals surface area contributed by atoms with Crippen LogP contribution in [0.1, 0.15) is 25.7 Å². The Kier molecular flexibility index (Phi) is 2.66. The molecule has 0 aromatic rings. The molecule has 15 heavy (non-hydrogen) atoms. The number of carbonyl (C=O) groups is 1. The second kappa shape index (κ2) is 3.70. The summed E-state index contributed by atoms with van der Waals surface area (Å²) in [5, 5.41) is 2.51. The molecule has 5 heteroatoms. The fourth-order valence-electron chi connectivity index (χ4n) is 2.10. The number of alkyl halides is 2. The molecule has 1 atom stereocenters. The lowest BCUT2D eigenvalue weighted by Gasteiger charge is -2.23. The molecule has 0 aromatic heterocycles. The Bertz CT molecular complexity index is 266. The molecule has 0 radical (unpaired) electrons. The lowest BCUT2D eigenvalue weighted by molar-refractivity contribution is -0.127. The van der Waals surface area contributed by atoms with Crippen LogP contribution in [0, 0.1) is 0 Å². The number of likely N-dealkylation sites (N-methyl/N-ethyl adjacent to an activating group) is 1. The van der Waals surface area contributed by atoms with Gasteiger partial charge in [0.1, 0.15) is 5.54 Å². The van der Waals surface area contributed by atoms with E-state index in [0.717, 1.165) is 19.4 Å². The summed E-state index contributed by atoms with van der Waals surface area (Å²) in [4.78, 5) is 13.7. The van der Waals surface area contributed by atoms with E-state index in [4.69, 9.17) is 0 Å². The second-order valence-electron chi connectivity index (χ2n) is 4.58. The minimum absolute atomic E-state index is 0.207. The summed E-state index contributed by atoms with van der Waals surface area (Å²) < 4.78 is 25.2. The maximum Gasteiger partial charge on any atom is 0.261 e. The van der Waals surface area contributed by atoms with Crippen LogP contribution in [0.15, 0.2) is 0 Å². The largest absolute Gasteiger partial charge is 0.344 e. The van der Waals surface area contributed by atoms with Gasteiger partial charge in [0.05, 0.1) is 6.04 Å². The topological polar surface area (TPSA) is 32.3 Å². The molecule has 1 amide bonds. The van der Waals surface area contributed by atoms with Crippen LogP contribution in [0.2, 0.25) is 0 Å². The maximum absolute atomic E-state index is 12.6. The molecular weight excluding hydrogens is 202 g/mol. The summed E-state index contributed by atoms with van der Waals surface area (Å²) in [5.41, 5.74) is -1.19. The Hall–Kier alpha value is -0.710. The molecule has 1 N–H and O–H groups in total. The van der Waals surface area contributed by atoms with Crippen molar-refractivity contribution in [3.8, 4) is 0 Å². The van der Waals surface area contributed by atoms with Gasteiger partial charge in [-0.3, -0.25) is 9.69 Å². The molecule has 1 saturated heterocycles. The van der Waals surface area contributed by atoms with Gasteiger partial charge in [0.2, 0.25) is 5.91 Å². The standard InChI is InChI=1S/C10H16F2N2O/c1-14-6-2-3-7(14)8(15)13-10(4-5-10)9(11)12/h7,9H,2-6H2,1H3,(H,13,15)/t7-/m0/s1. The number of halogens is 2. The van der Waals surface area contributed by atoms with E-state index in [-0.39, 0.29) is 11.9 Å². The van der Waals surface area contributed by atoms with Gasteiger partial charge in [0, 0.05) is 0 Å². The Labute approximate surface area is 87.8 Å². The van der Waals surface area contributed by atoms with Gasteiger partial charge < -0.3 is 5.32 Å². The van der Waals surface area contributed by atoms with Gasteiger partial charge in [0.15, 0.2) is 0 Å². The van der Waals surface area contributed by atoms with Crippen LogP contribution in [0.3, 0.4) is 0 Å². The Morgan fingerprint density at radius 2 is 2.20 bits per heavy atom. The highest BCUT2D eigenvalue weighted by Crippen LogP contribution is 2.41. The van der Waals surface area contributed by atoms with E-state index in [2.05, 4.69) is 5.32 Å². The van der Waals surface area contributed by atoms with Gasteiger partial charge in [-0.2, -0.15) is 0 Å². The zero-order chi connectivity index (χ0) is 11.1. The number of nitrogens with zero attached hydrogens (tertiary/aromatic N) is 1. The van der Waals surface area contributed by atoms with E-state index >= 15 is 0 Å². The highest BCUT2D eigenvalue weighted by atomic mass is 19.3. The lowest BCUT2D eigenvalue weighted by atomic mass is 10.2. The van der Waals surface area contributed by atoms with Gasteiger partial charge >= 0.3 is 0 Å². The molecule has 2 rings (SSSR count). The molecule has 0 aromatic carbocycles. The lowest BCUT2D eigenvalue weighted by Crippen LogP contribution is -2.49. The van der Waals surface area contributed by atoms with E-state index in [0.29, 0.717) is 12.8 Å². The SMILES string of the molecule is CN1CCC[C@H]1C(=O)NC1(C(F)F)CC1. The van der Waals surface area contributed by atoms with Crippen LogP contribution < -0.4 is 5.32 Å². The highest BCUT2D eigenvalue weighted by molar-refractivity contribution is 5.83. The molecule has 1 saturated carbocycles. The van der Waals surface area contributed by atoms with E-state index in [9.17, 15) is 13.6 Å². The summed E-state index contributed by atoms with van der Waals surface area (Å²) in [5.74, 6) is -0.229. The Morgan fingerprint density at radius 3 is 2.60 bits per heavy atom. The summed E-state index contributed by atoms with van der Waals surface area (Å²) in [6, 6.07) is -0.207. The second-order valence-corrected chi connectivity index (χ2v) is 4.58. The van der Waals surface area contributed by atoms with Crippen molar-refractivity contribution < 1.29 is 13.6 Å². The third-order valence-electron chi connectivity index (χ3n) is 3.40. The number of amides is 1. The molecule has 1 heterocycles. The van der Waals surface area contributed by atoms with Crippen LogP contribution in [-0.4, -0.2) is 42.4 Å². The molecule has 2 fully saturated rings. The molecule has 2 aliphatic rings. The number of rotatable bonds is 3. The number of hydrogen-bond acceptors (Lipinski definition) is 2. The van der Waals surface area contributed by atoms with Crippen molar-refractivity contribution in [2.75, 3.05) is 13.6 Å². The van der Waals surface area contributed by atoms with Crippen molar-refractivity contribution in [3.05, 3.63) is 0 Å². The van der Waals surface area contributed by atoms with Gasteiger partial charge in [0.25, 0.3) is 6.43 Å². The molecular formula is C10H16F2N2O. The van der Waals surface area contributed by atoms with Gasteiger partial charge in [-0.05, 0) is 39.3 Å². The predicted octanol–water partition coefficient (Wildman–Crippen LogP) is 0.994. The fourth-order valence-corrected chi connectivity index (χ4v) is 2.10. The first-order valence-electron chi connectivity index (χ1n) is 5.35. The zero-order valence-electron chi connectivity index (χ0n) is 8.80. The summed E-state index contributed by atoms with van der Waals surface area (Å²) >= 11 is 0. The summed E-state index contributed by atoms with van der Waals surface area (Å²) in [7, 11) is 1.86. The van der Waals surface area contributed by atoms with Crippen LogP contribution in [0.5, 0.6) is 0 Å². The number of carbonyl (C=O) groups excluding carboxylic acids is 1. The van der Waals surface area contributed by atoms with Crippen molar-refractivity contribution in [2.24, 2.45) is 0 Å². The van der Waals surface area contributed by atoms with Crippen LogP contribution in [0.25, 0.3) is 0 Å². The third kappa shape index (κ3) is 1.97. The van der Waals surface area contributed by atoms with Crippen LogP contribution in [-0.2, 0) is 4.79 Å². The smallest absolute Gasteiger partial charge is 0.261 e. The number of hydrogen-bond donors (Lipinski definition) is 1. The third-order valence-corrected chi connectivity index (χ3v) is 3.40. The minimum Gasteiger partial charge on any atom is -0.344 e. The highest BCUT2D eigenvalue weighted by Gasteiger charge is 2.53. The van der Waals surface area contributed by atoms with Crippen LogP contribution in [0.4, 0.5) is 8.78 Å². The molecule has 1 aliphatic carbocycles. The molecule has 0 bridgehead atoms. The van der Waals surface area contributed by atoms with Crippen molar-refractivity contribution in [1.29, 1.82) is 0 Å². The molecule has 3 nitrogen and oxygen atoms in total. The summed E-state index contributed by atoms with van der Waals surface area (Å²) in [6.07, 6.45) is 0.130. The molecule has 0 unspecified atom stereocenters. The van der Waals surface area contributed by atoms with E-state index in [1.54, 1.807) is 0 Å². The van der Waals surface area contributed by atoms with Crippen molar-refractivity contribution in [2.45, 2.75) is 43.7 Å². The maximum atomic E-state index is 12.6. The molecule has 86 valence electrons. The first kappa shape index (κ1) is 10.8. The minimum atomic E-state index is -2.44. The number of nitrogens with one attached hydrogen (secondary N) is 1. The normalized spacial score (nSPS) is 29.5. The van der Waals surface area contributed by atoms with E-state index in [1.165, 1.54) is 0 Å². The van der Waals surface area contributed by atoms with Crippen LogP contribution >= 0.6 is 0 Å². The monoisotopic (exact) mass is 218 g/mol. The van der Waals surface area contributed by atoms with Gasteiger partial charge in [-0.25, -0.2) is 8.78 Å². The van der Waals surface area contributed by atoms with E-state index in [1.807, 2.05) is 11.9 Å². The molecule has 1 aliphatic heterocycles. The zero-order valence-corrected chi connectivity index (χ0v) is 8.80. The predicted molar refractivity (Wildman–Crippen MR) is 51.8 cm³/mol. The van der Waals surface area contributed by atoms with Crippen molar-refractivity contribution in [3.63, 3.8) is 0 Å².